The third-order valence-electron chi connectivity index (χ3n) is 4.28. The van der Waals surface area contributed by atoms with E-state index in [0.717, 1.165) is 5.39 Å². The number of hydrogen-bond acceptors (Lipinski definition) is 9. The van der Waals surface area contributed by atoms with Gasteiger partial charge < -0.3 is 13.9 Å². The molecule has 8 nitrogen and oxygen atoms in total. The van der Waals surface area contributed by atoms with Crippen molar-refractivity contribution in [3.05, 3.63) is 65.9 Å². The van der Waals surface area contributed by atoms with Crippen molar-refractivity contribution < 1.29 is 23.5 Å². The fourth-order valence-corrected chi connectivity index (χ4v) is 4.44. The molecule has 1 N–H and O–H groups in total. The Balaban J connectivity index is 1.49. The number of thioether (sulfide) groups is 1. The zero-order valence-electron chi connectivity index (χ0n) is 17.1. The average Bonchev–Trinajstić information content (AvgIpc) is 3.41. The van der Waals surface area contributed by atoms with Gasteiger partial charge in [-0.25, -0.2) is 0 Å². The van der Waals surface area contributed by atoms with E-state index in [4.69, 9.17) is 13.9 Å². The molecule has 0 unspecified atom stereocenters. The van der Waals surface area contributed by atoms with E-state index in [-0.39, 0.29) is 24.1 Å². The summed E-state index contributed by atoms with van der Waals surface area (Å²) in [6.45, 7) is 2.24. The number of anilines is 1. The summed E-state index contributed by atoms with van der Waals surface area (Å²) in [6, 6.07) is 16.8. The summed E-state index contributed by atoms with van der Waals surface area (Å²) >= 11 is 2.37. The Morgan fingerprint density at radius 1 is 1.09 bits per heavy atom. The second-order valence-electron chi connectivity index (χ2n) is 6.43. The first-order valence-corrected chi connectivity index (χ1v) is 11.6. The molecule has 10 heteroatoms. The molecule has 4 rings (SSSR count). The van der Waals surface area contributed by atoms with Crippen LogP contribution in [-0.2, 0) is 16.1 Å². The van der Waals surface area contributed by atoms with E-state index >= 15 is 0 Å². The third-order valence-corrected chi connectivity index (χ3v) is 6.22. The van der Waals surface area contributed by atoms with E-state index in [2.05, 4.69) is 15.5 Å². The fourth-order valence-electron chi connectivity index (χ4n) is 2.89. The van der Waals surface area contributed by atoms with Crippen LogP contribution < -0.4 is 10.1 Å². The molecule has 0 atom stereocenters. The molecule has 1 amide bonds. The van der Waals surface area contributed by atoms with Crippen LogP contribution in [0.1, 0.15) is 23.0 Å². The number of para-hydroxylation sites is 2. The van der Waals surface area contributed by atoms with Gasteiger partial charge in [-0.05, 0) is 25.1 Å². The molecular formula is C22H19N3O5S2. The van der Waals surface area contributed by atoms with Gasteiger partial charge in [0.15, 0.2) is 10.1 Å². The lowest BCUT2D eigenvalue weighted by molar-refractivity contribution is -0.139. The Bertz CT molecular complexity index is 1220. The number of carbonyl (C=O) groups excluding carboxylic acids is 2. The molecule has 2 aromatic carbocycles. The number of ether oxygens (including phenoxy) is 2. The number of nitrogens with zero attached hydrogens (tertiary/aromatic N) is 2. The Morgan fingerprint density at radius 2 is 1.88 bits per heavy atom. The predicted octanol–water partition coefficient (Wildman–Crippen LogP) is 4.77. The maximum absolute atomic E-state index is 13.0. The van der Waals surface area contributed by atoms with Gasteiger partial charge in [-0.15, -0.1) is 10.2 Å². The fraction of sp³-hybridized carbons (Fsp3) is 0.182. The topological polar surface area (TPSA) is 104 Å². The molecule has 0 saturated heterocycles. The van der Waals surface area contributed by atoms with E-state index < -0.39 is 5.91 Å². The Morgan fingerprint density at radius 3 is 2.69 bits per heavy atom. The van der Waals surface area contributed by atoms with Crippen LogP contribution in [0.25, 0.3) is 11.0 Å². The minimum atomic E-state index is -0.453. The van der Waals surface area contributed by atoms with Crippen LogP contribution in [0.2, 0.25) is 0 Å². The van der Waals surface area contributed by atoms with Gasteiger partial charge in [-0.3, -0.25) is 14.9 Å². The van der Waals surface area contributed by atoms with Crippen molar-refractivity contribution in [3.63, 3.8) is 0 Å². The number of carbonyl (C=O) groups is 2. The van der Waals surface area contributed by atoms with E-state index in [0.29, 0.717) is 33.0 Å². The second kappa shape index (κ2) is 10.3. The van der Waals surface area contributed by atoms with E-state index in [1.54, 1.807) is 13.0 Å². The first-order valence-electron chi connectivity index (χ1n) is 9.75. The van der Waals surface area contributed by atoms with Crippen molar-refractivity contribution in [2.24, 2.45) is 0 Å². The molecule has 0 fully saturated rings. The molecule has 0 radical (unpaired) electrons. The van der Waals surface area contributed by atoms with Crippen LogP contribution in [0.4, 0.5) is 5.13 Å². The normalized spacial score (nSPS) is 10.8. The van der Waals surface area contributed by atoms with Crippen molar-refractivity contribution in [1.82, 2.24) is 10.2 Å². The molecule has 32 heavy (non-hydrogen) atoms. The molecule has 0 spiro atoms. The summed E-state index contributed by atoms with van der Waals surface area (Å²) < 4.78 is 17.1. The summed E-state index contributed by atoms with van der Waals surface area (Å²) in [5.41, 5.74) is 1.23. The standard InChI is InChI=1S/C22H19N3O5S2/c1-2-28-18(26)13-31-22-25-24-21(32-22)23-20(27)19-16(12-29-14-8-4-3-5-9-14)15-10-6-7-11-17(15)30-19/h3-11H,2,12-13H2,1H3,(H,23,24,27). The van der Waals surface area contributed by atoms with Crippen LogP contribution in [0.3, 0.4) is 0 Å². The molecule has 0 bridgehead atoms. The number of amides is 1. The zero-order chi connectivity index (χ0) is 22.3. The molecule has 0 saturated carbocycles. The summed E-state index contributed by atoms with van der Waals surface area (Å²) in [7, 11) is 0. The first kappa shape index (κ1) is 21.8. The summed E-state index contributed by atoms with van der Waals surface area (Å²) in [5, 5.41) is 11.8. The van der Waals surface area contributed by atoms with Crippen molar-refractivity contribution in [2.75, 3.05) is 17.7 Å². The van der Waals surface area contributed by atoms with E-state index in [9.17, 15) is 9.59 Å². The molecule has 2 aromatic heterocycles. The van der Waals surface area contributed by atoms with Gasteiger partial charge in [0.1, 0.15) is 17.9 Å². The number of esters is 1. The Kier molecular flexibility index (Phi) is 7.03. The zero-order valence-corrected chi connectivity index (χ0v) is 18.7. The monoisotopic (exact) mass is 469 g/mol. The van der Waals surface area contributed by atoms with Gasteiger partial charge in [0.2, 0.25) is 5.13 Å². The predicted molar refractivity (Wildman–Crippen MR) is 122 cm³/mol. The lowest BCUT2D eigenvalue weighted by atomic mass is 10.1. The van der Waals surface area contributed by atoms with Gasteiger partial charge in [0.25, 0.3) is 5.91 Å². The molecule has 0 aliphatic heterocycles. The number of rotatable bonds is 9. The van der Waals surface area contributed by atoms with Crippen LogP contribution in [0.5, 0.6) is 5.75 Å². The SMILES string of the molecule is CCOC(=O)CSc1nnc(NC(=O)c2oc3ccccc3c2COc2ccccc2)s1. The minimum absolute atomic E-state index is 0.126. The molecule has 4 aromatic rings. The molecule has 164 valence electrons. The number of fused-ring (bicyclic) bond motifs is 1. The molecule has 0 aliphatic rings. The van der Waals surface area contributed by atoms with Crippen molar-refractivity contribution in [3.8, 4) is 5.75 Å². The van der Waals surface area contributed by atoms with Gasteiger partial charge in [-0.2, -0.15) is 0 Å². The lowest BCUT2D eigenvalue weighted by Crippen LogP contribution is -2.13. The van der Waals surface area contributed by atoms with Crippen molar-refractivity contribution >= 4 is 51.1 Å². The maximum atomic E-state index is 13.0. The van der Waals surface area contributed by atoms with Crippen LogP contribution >= 0.6 is 23.1 Å². The van der Waals surface area contributed by atoms with Crippen LogP contribution in [0, 0.1) is 0 Å². The Labute approximate surface area is 191 Å². The number of hydrogen-bond donors (Lipinski definition) is 1. The molecule has 2 heterocycles. The van der Waals surface area contributed by atoms with Gasteiger partial charge in [0.05, 0.1) is 12.4 Å². The first-order chi connectivity index (χ1) is 15.6. The van der Waals surface area contributed by atoms with E-state index in [1.165, 1.54) is 23.1 Å². The quantitative estimate of drug-likeness (QED) is 0.212. The molecular weight excluding hydrogens is 450 g/mol. The highest BCUT2D eigenvalue weighted by molar-refractivity contribution is 8.01. The number of aromatic nitrogens is 2. The molecule has 0 aliphatic carbocycles. The highest BCUT2D eigenvalue weighted by Crippen LogP contribution is 2.30. The van der Waals surface area contributed by atoms with Gasteiger partial charge >= 0.3 is 5.97 Å². The van der Waals surface area contributed by atoms with Gasteiger partial charge in [-0.1, -0.05) is 59.5 Å². The van der Waals surface area contributed by atoms with E-state index in [1.807, 2.05) is 48.5 Å². The Hall–Kier alpha value is -3.37. The van der Waals surface area contributed by atoms with Crippen molar-refractivity contribution in [1.29, 1.82) is 0 Å². The largest absolute Gasteiger partial charge is 0.489 e. The summed E-state index contributed by atoms with van der Waals surface area (Å²) in [4.78, 5) is 24.5. The summed E-state index contributed by atoms with van der Waals surface area (Å²) in [5.74, 6) is 0.185. The van der Waals surface area contributed by atoms with Crippen LogP contribution in [0.15, 0.2) is 63.4 Å². The third kappa shape index (κ3) is 5.27. The average molecular weight is 470 g/mol. The smallest absolute Gasteiger partial charge is 0.316 e. The summed E-state index contributed by atoms with van der Waals surface area (Å²) in [6.07, 6.45) is 0. The maximum Gasteiger partial charge on any atom is 0.316 e. The minimum Gasteiger partial charge on any atom is -0.489 e. The number of benzene rings is 2. The number of nitrogens with one attached hydrogen (secondary N) is 1. The highest BCUT2D eigenvalue weighted by Gasteiger charge is 2.22. The van der Waals surface area contributed by atoms with Gasteiger partial charge in [0, 0.05) is 10.9 Å². The number of furan rings is 1. The second-order valence-corrected chi connectivity index (χ2v) is 8.63. The van der Waals surface area contributed by atoms with Crippen molar-refractivity contribution in [2.45, 2.75) is 17.9 Å². The van der Waals surface area contributed by atoms with Crippen LogP contribution in [-0.4, -0.2) is 34.4 Å². The lowest BCUT2D eigenvalue weighted by Gasteiger charge is -2.06. The highest BCUT2D eigenvalue weighted by atomic mass is 32.2.